The van der Waals surface area contributed by atoms with Gasteiger partial charge in [0.05, 0.1) is 29.8 Å². The highest BCUT2D eigenvalue weighted by Crippen LogP contribution is 2.29. The van der Waals surface area contributed by atoms with Gasteiger partial charge in [-0.3, -0.25) is 14.3 Å². The molecular weight excluding hydrogens is 422 g/mol. The summed E-state index contributed by atoms with van der Waals surface area (Å²) in [5.74, 6) is 1.73. The lowest BCUT2D eigenvalue weighted by Gasteiger charge is -2.34. The smallest absolute Gasteiger partial charge is 0.266 e. The Bertz CT molecular complexity index is 1430. The summed E-state index contributed by atoms with van der Waals surface area (Å²) in [4.78, 5) is 25.9. The van der Waals surface area contributed by atoms with Gasteiger partial charge in [-0.2, -0.15) is 15.5 Å². The number of nitriles is 2. The second-order valence-corrected chi connectivity index (χ2v) is 7.62. The number of hydrogen-bond acceptors (Lipinski definition) is 9. The lowest BCUT2D eigenvalue weighted by atomic mass is 10.2. The van der Waals surface area contributed by atoms with Crippen molar-refractivity contribution in [3.05, 3.63) is 64.5 Å². The van der Waals surface area contributed by atoms with E-state index >= 15 is 0 Å². The van der Waals surface area contributed by atoms with Crippen molar-refractivity contribution in [2.75, 3.05) is 31.1 Å². The molecule has 1 aliphatic heterocycles. The maximum absolute atomic E-state index is 12.9. The topological polar surface area (TPSA) is 128 Å². The Morgan fingerprint density at radius 1 is 1.03 bits per heavy atom. The van der Waals surface area contributed by atoms with Gasteiger partial charge >= 0.3 is 0 Å². The van der Waals surface area contributed by atoms with Gasteiger partial charge in [-0.15, -0.1) is 0 Å². The predicted molar refractivity (Wildman–Crippen MR) is 118 cm³/mol. The zero-order valence-electron chi connectivity index (χ0n) is 17.6. The molecule has 10 nitrogen and oxygen atoms in total. The molecule has 33 heavy (non-hydrogen) atoms. The van der Waals surface area contributed by atoms with Gasteiger partial charge in [-0.25, -0.2) is 4.98 Å². The molecule has 3 aromatic heterocycles. The molecule has 1 fully saturated rings. The van der Waals surface area contributed by atoms with Gasteiger partial charge in [0.15, 0.2) is 5.76 Å². The first-order chi connectivity index (χ1) is 16.2. The van der Waals surface area contributed by atoms with Crippen molar-refractivity contribution in [2.45, 2.75) is 13.1 Å². The van der Waals surface area contributed by atoms with Gasteiger partial charge in [-0.1, -0.05) is 12.1 Å². The van der Waals surface area contributed by atoms with Crippen LogP contribution in [0.25, 0.3) is 22.6 Å². The van der Waals surface area contributed by atoms with E-state index in [1.165, 1.54) is 10.8 Å². The molecule has 0 atom stereocenters. The van der Waals surface area contributed by atoms with E-state index in [0.717, 1.165) is 0 Å². The fraction of sp³-hybridized carbons (Fsp3) is 0.261. The molecule has 0 bridgehead atoms. The third-order valence-corrected chi connectivity index (χ3v) is 5.64. The van der Waals surface area contributed by atoms with Gasteiger partial charge in [0.25, 0.3) is 11.4 Å². The van der Waals surface area contributed by atoms with E-state index in [1.807, 2.05) is 11.0 Å². The molecule has 1 saturated heterocycles. The first-order valence-corrected chi connectivity index (χ1v) is 10.5. The normalized spacial score (nSPS) is 14.3. The summed E-state index contributed by atoms with van der Waals surface area (Å²) < 4.78 is 12.6. The molecule has 5 rings (SSSR count). The van der Waals surface area contributed by atoms with E-state index in [-0.39, 0.29) is 23.7 Å². The van der Waals surface area contributed by atoms with Gasteiger partial charge in [0.2, 0.25) is 11.6 Å². The van der Waals surface area contributed by atoms with Crippen molar-refractivity contribution >= 4 is 16.8 Å². The standard InChI is InChI=1S/C23H19N7O3/c24-7-8-30-20(26-17-5-2-1-4-16(17)22(30)31)15-28-9-11-29(12-10-28)23-18(14-25)27-21(33-23)19-6-3-13-32-19/h1-6,13H,8-12,15H2. The van der Waals surface area contributed by atoms with E-state index in [9.17, 15) is 15.3 Å². The molecule has 4 aromatic rings. The summed E-state index contributed by atoms with van der Waals surface area (Å²) in [5.41, 5.74) is 0.631. The summed E-state index contributed by atoms with van der Waals surface area (Å²) in [6.07, 6.45) is 1.52. The fourth-order valence-electron chi connectivity index (χ4n) is 3.98. The highest BCUT2D eigenvalue weighted by molar-refractivity contribution is 5.77. The average Bonchev–Trinajstić information content (AvgIpc) is 3.52. The van der Waals surface area contributed by atoms with Crippen LogP contribution in [0, 0.1) is 22.7 Å². The molecule has 0 unspecified atom stereocenters. The number of oxazole rings is 1. The van der Waals surface area contributed by atoms with Crippen molar-refractivity contribution in [1.82, 2.24) is 19.4 Å². The van der Waals surface area contributed by atoms with Crippen molar-refractivity contribution in [3.63, 3.8) is 0 Å². The SMILES string of the molecule is N#CCn1c(CN2CCN(c3oc(-c4ccco4)nc3C#N)CC2)nc2ccccc2c1=O. The Labute approximate surface area is 188 Å². The number of nitrogens with zero attached hydrogens (tertiary/aromatic N) is 7. The predicted octanol–water partition coefficient (Wildman–Crippen LogP) is 2.36. The van der Waals surface area contributed by atoms with Gasteiger partial charge in [0, 0.05) is 26.2 Å². The number of anilines is 1. The van der Waals surface area contributed by atoms with E-state index in [2.05, 4.69) is 27.0 Å². The lowest BCUT2D eigenvalue weighted by molar-refractivity contribution is 0.237. The number of aromatic nitrogens is 3. The Morgan fingerprint density at radius 3 is 2.58 bits per heavy atom. The number of para-hydroxylation sites is 1. The van der Waals surface area contributed by atoms with Crippen LogP contribution in [0.15, 0.2) is 56.3 Å². The Morgan fingerprint density at radius 2 is 1.85 bits per heavy atom. The summed E-state index contributed by atoms with van der Waals surface area (Å²) in [7, 11) is 0. The fourth-order valence-corrected chi connectivity index (χ4v) is 3.98. The highest BCUT2D eigenvalue weighted by Gasteiger charge is 2.26. The van der Waals surface area contributed by atoms with Gasteiger partial charge in [-0.05, 0) is 24.3 Å². The Balaban J connectivity index is 1.34. The van der Waals surface area contributed by atoms with Crippen LogP contribution >= 0.6 is 0 Å². The number of piperazine rings is 1. The summed E-state index contributed by atoms with van der Waals surface area (Å²) in [6.45, 7) is 2.93. The number of hydrogen-bond donors (Lipinski definition) is 0. The van der Waals surface area contributed by atoms with Gasteiger partial charge in [0.1, 0.15) is 18.4 Å². The molecular formula is C23H19N7O3. The molecule has 1 aromatic carbocycles. The number of benzene rings is 1. The molecule has 10 heteroatoms. The summed E-state index contributed by atoms with van der Waals surface area (Å²) >= 11 is 0. The Hall–Kier alpha value is -4.41. The molecule has 0 amide bonds. The molecule has 1 aliphatic rings. The second-order valence-electron chi connectivity index (χ2n) is 7.62. The van der Waals surface area contributed by atoms with Crippen LogP contribution in [-0.2, 0) is 13.1 Å². The Kier molecular flexibility index (Phi) is 5.35. The van der Waals surface area contributed by atoms with E-state index in [0.29, 0.717) is 61.1 Å². The lowest BCUT2D eigenvalue weighted by Crippen LogP contribution is -2.46. The van der Waals surface area contributed by atoms with Crippen molar-refractivity contribution in [3.8, 4) is 23.8 Å². The molecule has 0 saturated carbocycles. The first kappa shape index (κ1) is 20.5. The van der Waals surface area contributed by atoms with Crippen molar-refractivity contribution in [2.24, 2.45) is 0 Å². The molecule has 0 aliphatic carbocycles. The average molecular weight is 441 g/mol. The number of furan rings is 1. The zero-order chi connectivity index (χ0) is 22.8. The third kappa shape index (κ3) is 3.84. The first-order valence-electron chi connectivity index (χ1n) is 10.5. The van der Waals surface area contributed by atoms with Crippen LogP contribution in [0.2, 0.25) is 0 Å². The van der Waals surface area contributed by atoms with E-state index < -0.39 is 0 Å². The van der Waals surface area contributed by atoms with Gasteiger partial charge < -0.3 is 13.7 Å². The highest BCUT2D eigenvalue weighted by atomic mass is 16.4. The van der Waals surface area contributed by atoms with Crippen molar-refractivity contribution < 1.29 is 8.83 Å². The molecule has 0 radical (unpaired) electrons. The molecule has 164 valence electrons. The largest absolute Gasteiger partial charge is 0.459 e. The van der Waals surface area contributed by atoms with Crippen molar-refractivity contribution in [1.29, 1.82) is 10.5 Å². The number of fused-ring (bicyclic) bond motifs is 1. The van der Waals surface area contributed by atoms with Crippen LogP contribution in [0.5, 0.6) is 0 Å². The van der Waals surface area contributed by atoms with Crippen LogP contribution < -0.4 is 10.5 Å². The zero-order valence-corrected chi connectivity index (χ0v) is 17.6. The van der Waals surface area contributed by atoms with Crippen LogP contribution in [0.1, 0.15) is 11.5 Å². The minimum atomic E-state index is -0.207. The maximum atomic E-state index is 12.9. The van der Waals surface area contributed by atoms with Crippen LogP contribution in [0.4, 0.5) is 5.88 Å². The monoisotopic (exact) mass is 441 g/mol. The minimum absolute atomic E-state index is 0.0505. The quantitative estimate of drug-likeness (QED) is 0.458. The molecule has 4 heterocycles. The summed E-state index contributed by atoms with van der Waals surface area (Å²) in [6, 6.07) is 14.8. The minimum Gasteiger partial charge on any atom is -0.459 e. The van der Waals surface area contributed by atoms with E-state index in [1.54, 1.807) is 30.3 Å². The number of rotatable bonds is 5. The second kappa shape index (κ2) is 8.61. The van der Waals surface area contributed by atoms with E-state index in [4.69, 9.17) is 8.83 Å². The molecule has 0 spiro atoms. The summed E-state index contributed by atoms with van der Waals surface area (Å²) in [5, 5.41) is 19.2. The van der Waals surface area contributed by atoms with Crippen LogP contribution in [0.3, 0.4) is 0 Å². The third-order valence-electron chi connectivity index (χ3n) is 5.64. The van der Waals surface area contributed by atoms with Crippen LogP contribution in [-0.4, -0.2) is 45.6 Å². The molecule has 0 N–H and O–H groups in total. The maximum Gasteiger partial charge on any atom is 0.266 e.